The first-order valence-electron chi connectivity index (χ1n) is 6.63. The molecule has 1 fully saturated rings. The van der Waals surface area contributed by atoms with Gasteiger partial charge < -0.3 is 10.4 Å². The molecule has 1 unspecified atom stereocenters. The SMILES string of the molecule is CCc1ccc(C(NC)C2(C(=O)O)CCC2)cc1. The van der Waals surface area contributed by atoms with Crippen molar-refractivity contribution in [3.05, 3.63) is 35.4 Å². The van der Waals surface area contributed by atoms with Crippen LogP contribution in [0.15, 0.2) is 24.3 Å². The summed E-state index contributed by atoms with van der Waals surface area (Å²) in [6, 6.07) is 8.21. The molecule has 18 heavy (non-hydrogen) atoms. The number of rotatable bonds is 5. The van der Waals surface area contributed by atoms with Gasteiger partial charge in [0.05, 0.1) is 5.41 Å². The number of benzene rings is 1. The molecule has 1 aromatic carbocycles. The van der Waals surface area contributed by atoms with E-state index >= 15 is 0 Å². The molecule has 1 aliphatic rings. The maximum atomic E-state index is 11.6. The zero-order valence-corrected chi connectivity index (χ0v) is 11.1. The molecule has 98 valence electrons. The highest BCUT2D eigenvalue weighted by atomic mass is 16.4. The summed E-state index contributed by atoms with van der Waals surface area (Å²) in [6.45, 7) is 2.12. The Morgan fingerprint density at radius 2 is 2.00 bits per heavy atom. The van der Waals surface area contributed by atoms with Crippen LogP contribution < -0.4 is 5.32 Å². The van der Waals surface area contributed by atoms with E-state index in [0.717, 1.165) is 31.2 Å². The van der Waals surface area contributed by atoms with Crippen molar-refractivity contribution in [3.63, 3.8) is 0 Å². The first-order chi connectivity index (χ1) is 8.64. The molecule has 2 rings (SSSR count). The molecule has 1 atom stereocenters. The van der Waals surface area contributed by atoms with E-state index in [-0.39, 0.29) is 6.04 Å². The van der Waals surface area contributed by atoms with Crippen molar-refractivity contribution in [2.45, 2.75) is 38.6 Å². The van der Waals surface area contributed by atoms with Crippen LogP contribution in [0.4, 0.5) is 0 Å². The average Bonchev–Trinajstić information content (AvgIpc) is 2.33. The predicted octanol–water partition coefficient (Wildman–Crippen LogP) is 2.76. The Labute approximate surface area is 108 Å². The van der Waals surface area contributed by atoms with Gasteiger partial charge in [0.2, 0.25) is 0 Å². The minimum atomic E-state index is -0.673. The van der Waals surface area contributed by atoms with Crippen molar-refractivity contribution in [1.82, 2.24) is 5.32 Å². The maximum Gasteiger partial charge on any atom is 0.311 e. The van der Waals surface area contributed by atoms with Gasteiger partial charge in [-0.3, -0.25) is 4.79 Å². The summed E-state index contributed by atoms with van der Waals surface area (Å²) in [6.07, 6.45) is 3.55. The lowest BCUT2D eigenvalue weighted by Crippen LogP contribution is -2.47. The lowest BCUT2D eigenvalue weighted by Gasteiger charge is -2.44. The van der Waals surface area contributed by atoms with Crippen molar-refractivity contribution < 1.29 is 9.90 Å². The highest BCUT2D eigenvalue weighted by molar-refractivity contribution is 5.77. The molecule has 1 aliphatic carbocycles. The third-order valence-electron chi connectivity index (χ3n) is 4.23. The number of aryl methyl sites for hydroxylation is 1. The van der Waals surface area contributed by atoms with Crippen LogP contribution in [0.1, 0.15) is 43.4 Å². The van der Waals surface area contributed by atoms with Gasteiger partial charge in [-0.05, 0) is 37.4 Å². The zero-order chi connectivity index (χ0) is 13.2. The predicted molar refractivity (Wildman–Crippen MR) is 71.5 cm³/mol. The lowest BCUT2D eigenvalue weighted by molar-refractivity contribution is -0.157. The Bertz CT molecular complexity index is 421. The van der Waals surface area contributed by atoms with E-state index in [1.54, 1.807) is 0 Å². The van der Waals surface area contributed by atoms with E-state index in [0.29, 0.717) is 0 Å². The molecule has 0 amide bonds. The summed E-state index contributed by atoms with van der Waals surface area (Å²) >= 11 is 0. The summed E-state index contributed by atoms with van der Waals surface area (Å²) in [7, 11) is 1.85. The van der Waals surface area contributed by atoms with Crippen molar-refractivity contribution in [2.75, 3.05) is 7.05 Å². The van der Waals surface area contributed by atoms with Gasteiger partial charge in [0, 0.05) is 6.04 Å². The first-order valence-corrected chi connectivity index (χ1v) is 6.63. The van der Waals surface area contributed by atoms with E-state index in [9.17, 15) is 9.90 Å². The molecule has 0 aromatic heterocycles. The van der Waals surface area contributed by atoms with E-state index in [2.05, 4.69) is 36.5 Å². The number of nitrogens with one attached hydrogen (secondary N) is 1. The van der Waals surface area contributed by atoms with Gasteiger partial charge in [0.15, 0.2) is 0 Å². The average molecular weight is 247 g/mol. The topological polar surface area (TPSA) is 49.3 Å². The lowest BCUT2D eigenvalue weighted by atomic mass is 9.62. The third-order valence-corrected chi connectivity index (χ3v) is 4.23. The smallest absolute Gasteiger partial charge is 0.311 e. The monoisotopic (exact) mass is 247 g/mol. The number of carbonyl (C=O) groups is 1. The van der Waals surface area contributed by atoms with Crippen LogP contribution in [0.25, 0.3) is 0 Å². The zero-order valence-electron chi connectivity index (χ0n) is 11.1. The molecule has 0 heterocycles. The number of hydrogen-bond donors (Lipinski definition) is 2. The molecule has 0 spiro atoms. The van der Waals surface area contributed by atoms with Crippen molar-refractivity contribution in [2.24, 2.45) is 5.41 Å². The van der Waals surface area contributed by atoms with Gasteiger partial charge in [-0.1, -0.05) is 37.6 Å². The van der Waals surface area contributed by atoms with Crippen molar-refractivity contribution >= 4 is 5.97 Å². The maximum absolute atomic E-state index is 11.6. The summed E-state index contributed by atoms with van der Waals surface area (Å²) in [5, 5.41) is 12.7. The molecule has 2 N–H and O–H groups in total. The number of carboxylic acid groups (broad SMARTS) is 1. The number of hydrogen-bond acceptors (Lipinski definition) is 2. The van der Waals surface area contributed by atoms with Crippen LogP contribution >= 0.6 is 0 Å². The Morgan fingerprint density at radius 3 is 2.33 bits per heavy atom. The molecule has 0 saturated heterocycles. The summed E-state index contributed by atoms with van der Waals surface area (Å²) in [5.41, 5.74) is 1.76. The Kier molecular flexibility index (Phi) is 3.71. The Morgan fingerprint density at radius 1 is 1.39 bits per heavy atom. The third kappa shape index (κ3) is 2.03. The fourth-order valence-corrected chi connectivity index (χ4v) is 2.89. The number of aliphatic carboxylic acids is 1. The highest BCUT2D eigenvalue weighted by Crippen LogP contribution is 2.50. The highest BCUT2D eigenvalue weighted by Gasteiger charge is 2.50. The van der Waals surface area contributed by atoms with Crippen LogP contribution in [-0.4, -0.2) is 18.1 Å². The largest absolute Gasteiger partial charge is 0.481 e. The van der Waals surface area contributed by atoms with E-state index in [4.69, 9.17) is 0 Å². The molecule has 1 saturated carbocycles. The molecule has 0 radical (unpaired) electrons. The first kappa shape index (κ1) is 13.1. The normalized spacial score (nSPS) is 19.0. The van der Waals surface area contributed by atoms with Crippen LogP contribution in [-0.2, 0) is 11.2 Å². The molecule has 1 aromatic rings. The van der Waals surface area contributed by atoms with E-state index < -0.39 is 11.4 Å². The second-order valence-corrected chi connectivity index (χ2v) is 5.13. The van der Waals surface area contributed by atoms with E-state index in [1.165, 1.54) is 5.56 Å². The molecular weight excluding hydrogens is 226 g/mol. The standard InChI is InChI=1S/C15H21NO2/c1-3-11-5-7-12(8-6-11)13(16-2)15(14(17)18)9-4-10-15/h5-8,13,16H,3-4,9-10H2,1-2H3,(H,17,18). The summed E-state index contributed by atoms with van der Waals surface area (Å²) < 4.78 is 0. The van der Waals surface area contributed by atoms with E-state index in [1.807, 2.05) is 7.05 Å². The van der Waals surface area contributed by atoms with Gasteiger partial charge >= 0.3 is 5.97 Å². The van der Waals surface area contributed by atoms with Gasteiger partial charge in [0.1, 0.15) is 0 Å². The van der Waals surface area contributed by atoms with Crippen molar-refractivity contribution in [1.29, 1.82) is 0 Å². The fraction of sp³-hybridized carbons (Fsp3) is 0.533. The van der Waals surface area contributed by atoms with Crippen LogP contribution in [0, 0.1) is 5.41 Å². The summed E-state index contributed by atoms with van der Waals surface area (Å²) in [4.78, 5) is 11.6. The Balaban J connectivity index is 2.29. The van der Waals surface area contributed by atoms with Gasteiger partial charge in [-0.2, -0.15) is 0 Å². The number of carboxylic acids is 1. The van der Waals surface area contributed by atoms with Gasteiger partial charge in [0.25, 0.3) is 0 Å². The molecular formula is C15H21NO2. The van der Waals surface area contributed by atoms with Gasteiger partial charge in [-0.15, -0.1) is 0 Å². The van der Waals surface area contributed by atoms with Crippen LogP contribution in [0.3, 0.4) is 0 Å². The van der Waals surface area contributed by atoms with Gasteiger partial charge in [-0.25, -0.2) is 0 Å². The minimum absolute atomic E-state index is 0.0883. The second-order valence-electron chi connectivity index (χ2n) is 5.13. The molecule has 0 aliphatic heterocycles. The van der Waals surface area contributed by atoms with Crippen LogP contribution in [0.2, 0.25) is 0 Å². The Hall–Kier alpha value is -1.35. The minimum Gasteiger partial charge on any atom is -0.481 e. The quantitative estimate of drug-likeness (QED) is 0.841. The van der Waals surface area contributed by atoms with Crippen LogP contribution in [0.5, 0.6) is 0 Å². The molecule has 0 bridgehead atoms. The summed E-state index contributed by atoms with van der Waals surface area (Å²) in [5.74, 6) is -0.673. The fourth-order valence-electron chi connectivity index (χ4n) is 2.89. The molecule has 3 nitrogen and oxygen atoms in total. The van der Waals surface area contributed by atoms with Crippen molar-refractivity contribution in [3.8, 4) is 0 Å². The second kappa shape index (κ2) is 5.11. The molecule has 3 heteroatoms.